The van der Waals surface area contributed by atoms with Gasteiger partial charge in [-0.1, -0.05) is 23.7 Å². The van der Waals surface area contributed by atoms with Gasteiger partial charge in [-0.2, -0.15) is 0 Å². The number of aliphatic carboxylic acids is 1. The molecule has 1 saturated carbocycles. The Kier molecular flexibility index (Phi) is 8.16. The van der Waals surface area contributed by atoms with Gasteiger partial charge in [0.1, 0.15) is 0 Å². The van der Waals surface area contributed by atoms with Crippen molar-refractivity contribution < 1.29 is 19.5 Å². The van der Waals surface area contributed by atoms with E-state index in [4.69, 9.17) is 16.7 Å². The molecule has 2 amide bonds. The molecular weight excluding hydrogens is 472 g/mol. The summed E-state index contributed by atoms with van der Waals surface area (Å²) in [5.74, 6) is -0.211. The average Bonchev–Trinajstić information content (AvgIpc) is 3.25. The van der Waals surface area contributed by atoms with Crippen LogP contribution in [0.5, 0.6) is 0 Å². The molecule has 1 heterocycles. The van der Waals surface area contributed by atoms with Gasteiger partial charge in [-0.3, -0.25) is 14.4 Å². The Morgan fingerprint density at radius 2 is 1.68 bits per heavy atom. The lowest BCUT2D eigenvalue weighted by atomic mass is 9.77. The van der Waals surface area contributed by atoms with Gasteiger partial charge in [0, 0.05) is 35.0 Å². The first-order valence-corrected chi connectivity index (χ1v) is 13.0. The molecule has 0 radical (unpaired) electrons. The van der Waals surface area contributed by atoms with Crippen LogP contribution in [-0.2, 0) is 16.0 Å². The van der Waals surface area contributed by atoms with Gasteiger partial charge in [0.2, 0.25) is 5.91 Å². The van der Waals surface area contributed by atoms with Crippen LogP contribution in [0.25, 0.3) is 0 Å². The van der Waals surface area contributed by atoms with E-state index in [2.05, 4.69) is 10.6 Å². The van der Waals surface area contributed by atoms with Gasteiger partial charge in [0.05, 0.1) is 5.25 Å². The zero-order chi connectivity index (χ0) is 24.1. The van der Waals surface area contributed by atoms with Crippen LogP contribution in [-0.4, -0.2) is 41.2 Å². The molecule has 1 aliphatic heterocycles. The molecule has 3 N–H and O–H groups in total. The molecular formula is C26H29ClN2O4S. The zero-order valence-corrected chi connectivity index (χ0v) is 20.5. The van der Waals surface area contributed by atoms with E-state index >= 15 is 0 Å². The van der Waals surface area contributed by atoms with Crippen molar-refractivity contribution >= 4 is 41.1 Å². The van der Waals surface area contributed by atoms with Crippen LogP contribution >= 0.6 is 23.4 Å². The van der Waals surface area contributed by atoms with Crippen LogP contribution in [0.15, 0.2) is 47.4 Å². The maximum Gasteiger partial charge on any atom is 0.303 e. The Hall–Kier alpha value is -2.51. The number of halogens is 1. The summed E-state index contributed by atoms with van der Waals surface area (Å²) in [4.78, 5) is 36.9. The number of amides is 2. The van der Waals surface area contributed by atoms with Gasteiger partial charge in [-0.25, -0.2) is 0 Å². The van der Waals surface area contributed by atoms with Crippen molar-refractivity contribution in [3.63, 3.8) is 0 Å². The monoisotopic (exact) mass is 500 g/mol. The highest BCUT2D eigenvalue weighted by molar-refractivity contribution is 8.01. The molecule has 1 unspecified atom stereocenters. The van der Waals surface area contributed by atoms with Crippen molar-refractivity contribution in [2.24, 2.45) is 5.92 Å². The third kappa shape index (κ3) is 6.33. The zero-order valence-electron chi connectivity index (χ0n) is 18.9. The highest BCUT2D eigenvalue weighted by Gasteiger charge is 2.28. The molecule has 1 atom stereocenters. The van der Waals surface area contributed by atoms with Crippen molar-refractivity contribution in [1.29, 1.82) is 0 Å². The second kappa shape index (κ2) is 11.3. The van der Waals surface area contributed by atoms with E-state index in [9.17, 15) is 14.4 Å². The number of carboxylic acids is 1. The molecule has 180 valence electrons. The van der Waals surface area contributed by atoms with Crippen molar-refractivity contribution in [3.8, 4) is 0 Å². The SMILES string of the molecule is O=C(O)C[C@H]1CC[C@H](c2ccc(C(=O)NCCNC(=O)C3Cc4cc(Cl)ccc4S3)cc2)CC1. The summed E-state index contributed by atoms with van der Waals surface area (Å²) >= 11 is 7.58. The highest BCUT2D eigenvalue weighted by atomic mass is 35.5. The largest absolute Gasteiger partial charge is 0.481 e. The summed E-state index contributed by atoms with van der Waals surface area (Å²) < 4.78 is 0. The number of nitrogens with one attached hydrogen (secondary N) is 2. The van der Waals surface area contributed by atoms with Crippen LogP contribution in [0.1, 0.15) is 59.5 Å². The van der Waals surface area contributed by atoms with E-state index < -0.39 is 5.97 Å². The molecule has 2 aromatic carbocycles. The minimum absolute atomic E-state index is 0.0333. The summed E-state index contributed by atoms with van der Waals surface area (Å²) in [7, 11) is 0. The van der Waals surface area contributed by atoms with Crippen molar-refractivity contribution in [2.75, 3.05) is 13.1 Å². The van der Waals surface area contributed by atoms with Gasteiger partial charge < -0.3 is 15.7 Å². The molecule has 0 spiro atoms. The fourth-order valence-corrected chi connectivity index (χ4v) is 6.19. The minimum atomic E-state index is -0.716. The summed E-state index contributed by atoms with van der Waals surface area (Å²) in [5, 5.41) is 15.2. The van der Waals surface area contributed by atoms with Crippen molar-refractivity contribution in [2.45, 2.75) is 54.6 Å². The third-order valence-electron chi connectivity index (χ3n) is 6.65. The summed E-state index contributed by atoms with van der Waals surface area (Å²) in [6, 6.07) is 13.4. The Bertz CT molecular complexity index is 1050. The number of benzene rings is 2. The molecule has 1 aliphatic carbocycles. The lowest BCUT2D eigenvalue weighted by Crippen LogP contribution is -2.38. The van der Waals surface area contributed by atoms with Gasteiger partial charge in [0.15, 0.2) is 0 Å². The predicted octanol–water partition coefficient (Wildman–Crippen LogP) is 4.65. The molecule has 0 saturated heterocycles. The van der Waals surface area contributed by atoms with E-state index in [-0.39, 0.29) is 29.4 Å². The number of hydrogen-bond acceptors (Lipinski definition) is 4. The van der Waals surface area contributed by atoms with Gasteiger partial charge >= 0.3 is 5.97 Å². The van der Waals surface area contributed by atoms with Gasteiger partial charge in [0.25, 0.3) is 5.91 Å². The number of fused-ring (bicyclic) bond motifs is 1. The number of carbonyl (C=O) groups is 3. The predicted molar refractivity (Wildman–Crippen MR) is 134 cm³/mol. The maximum absolute atomic E-state index is 12.5. The fourth-order valence-electron chi connectivity index (χ4n) is 4.79. The summed E-state index contributed by atoms with van der Waals surface area (Å²) in [6.07, 6.45) is 4.76. The smallest absolute Gasteiger partial charge is 0.303 e. The fraction of sp³-hybridized carbons (Fsp3) is 0.423. The van der Waals surface area contributed by atoms with Gasteiger partial charge in [-0.05, 0) is 85.4 Å². The molecule has 4 rings (SSSR count). The Balaban J connectivity index is 1.17. The maximum atomic E-state index is 12.5. The minimum Gasteiger partial charge on any atom is -0.481 e. The second-order valence-electron chi connectivity index (χ2n) is 9.05. The molecule has 0 bridgehead atoms. The first-order chi connectivity index (χ1) is 16.4. The summed E-state index contributed by atoms with van der Waals surface area (Å²) in [6.45, 7) is 0.729. The van der Waals surface area contributed by atoms with E-state index in [1.54, 1.807) is 11.8 Å². The Labute approximate surface area is 208 Å². The Morgan fingerprint density at radius 3 is 2.38 bits per heavy atom. The van der Waals surface area contributed by atoms with E-state index in [1.807, 2.05) is 42.5 Å². The molecule has 0 aromatic heterocycles. The van der Waals surface area contributed by atoms with Gasteiger partial charge in [-0.15, -0.1) is 11.8 Å². The molecule has 6 nitrogen and oxygen atoms in total. The lowest BCUT2D eigenvalue weighted by molar-refractivity contribution is -0.138. The number of rotatable bonds is 8. The number of hydrogen-bond donors (Lipinski definition) is 3. The molecule has 1 fully saturated rings. The first-order valence-electron chi connectivity index (χ1n) is 11.7. The average molecular weight is 501 g/mol. The van der Waals surface area contributed by atoms with Crippen LogP contribution in [0.2, 0.25) is 5.02 Å². The topological polar surface area (TPSA) is 95.5 Å². The quantitative estimate of drug-likeness (QED) is 0.458. The van der Waals surface area contributed by atoms with E-state index in [1.165, 1.54) is 5.56 Å². The molecule has 34 heavy (non-hydrogen) atoms. The van der Waals surface area contributed by atoms with Crippen LogP contribution < -0.4 is 10.6 Å². The van der Waals surface area contributed by atoms with E-state index in [0.29, 0.717) is 36.0 Å². The number of carbonyl (C=O) groups excluding carboxylic acids is 2. The summed E-state index contributed by atoms with van der Waals surface area (Å²) in [5.41, 5.74) is 2.89. The number of carboxylic acid groups (broad SMARTS) is 1. The van der Waals surface area contributed by atoms with Crippen LogP contribution in [0, 0.1) is 5.92 Å². The van der Waals surface area contributed by atoms with E-state index in [0.717, 1.165) is 36.1 Å². The Morgan fingerprint density at radius 1 is 0.971 bits per heavy atom. The third-order valence-corrected chi connectivity index (χ3v) is 8.21. The van der Waals surface area contributed by atoms with Crippen LogP contribution in [0.4, 0.5) is 0 Å². The molecule has 2 aliphatic rings. The van der Waals surface area contributed by atoms with Crippen LogP contribution in [0.3, 0.4) is 0 Å². The molecule has 8 heteroatoms. The molecule has 2 aromatic rings. The standard InChI is InChI=1S/C26H29ClN2O4S/c27-21-9-10-22-20(14-21)15-23(34-22)26(33)29-12-11-28-25(32)19-7-5-18(6-8-19)17-3-1-16(2-4-17)13-24(30)31/h5-10,14,16-17,23H,1-4,11-13,15H2,(H,28,32)(H,29,33)(H,30,31)/t16-,17-,23?. The second-order valence-corrected chi connectivity index (χ2v) is 10.7. The number of thioether (sulfide) groups is 1. The van der Waals surface area contributed by atoms with Crippen molar-refractivity contribution in [3.05, 3.63) is 64.2 Å². The highest BCUT2D eigenvalue weighted by Crippen LogP contribution is 2.38. The first kappa shape index (κ1) is 24.6. The lowest BCUT2D eigenvalue weighted by Gasteiger charge is -2.28. The van der Waals surface area contributed by atoms with Crippen molar-refractivity contribution in [1.82, 2.24) is 10.6 Å². The normalized spacial score (nSPS) is 21.5.